The molecule has 0 spiro atoms. The number of hydrogen-bond donors (Lipinski definition) is 1. The van der Waals surface area contributed by atoms with E-state index in [0.717, 1.165) is 35.2 Å². The standard InChI is InChI=1S/C26H28N6/c1-26-13-12-19-18-8-7-17(25-28-30-31-29-25)14-16(18)6-9-20(19)21(26)10-11-24(26)32-15-27-22-4-2-3-5-23(22)32/h2-5,7-8,14-15,19-21,24H,6,9-13H2,1H3,(H,28,29,30,31)/t19-,20-,21+,24?,26+/m1/s1. The molecule has 7 rings (SSSR count). The Morgan fingerprint density at radius 1 is 1.06 bits per heavy atom. The van der Waals surface area contributed by atoms with Crippen LogP contribution in [0.2, 0.25) is 0 Å². The summed E-state index contributed by atoms with van der Waals surface area (Å²) in [6, 6.07) is 16.1. The first-order chi connectivity index (χ1) is 15.7. The minimum atomic E-state index is 0.355. The number of imidazole rings is 1. The first kappa shape index (κ1) is 18.5. The Hall–Kier alpha value is -3.02. The monoisotopic (exact) mass is 424 g/mol. The number of tetrazole rings is 1. The third kappa shape index (κ3) is 2.52. The first-order valence-corrected chi connectivity index (χ1v) is 12.0. The van der Waals surface area contributed by atoms with Gasteiger partial charge in [0.1, 0.15) is 0 Å². The van der Waals surface area contributed by atoms with Gasteiger partial charge < -0.3 is 4.57 Å². The van der Waals surface area contributed by atoms with Crippen LogP contribution in [-0.4, -0.2) is 30.2 Å². The minimum absolute atomic E-state index is 0.355. The second kappa shape index (κ2) is 6.74. The van der Waals surface area contributed by atoms with Crippen molar-refractivity contribution in [3.63, 3.8) is 0 Å². The summed E-state index contributed by atoms with van der Waals surface area (Å²) in [5.41, 5.74) is 6.95. The van der Waals surface area contributed by atoms with Gasteiger partial charge in [0.2, 0.25) is 0 Å². The fraction of sp³-hybridized carbons (Fsp3) is 0.462. The quantitative estimate of drug-likeness (QED) is 0.473. The van der Waals surface area contributed by atoms with E-state index < -0.39 is 0 Å². The number of nitrogens with one attached hydrogen (secondary N) is 1. The Labute approximate surface area is 187 Å². The zero-order valence-electron chi connectivity index (χ0n) is 18.4. The molecule has 3 aliphatic carbocycles. The SMILES string of the molecule is C[C@]12CC[C@@H]3c4ccc(-c5nnn[nH]5)cc4CC[C@H]3[C@@H]1CCC2n1cnc2ccccc21. The molecule has 0 bridgehead atoms. The number of hydrogen-bond acceptors (Lipinski definition) is 4. The summed E-state index contributed by atoms with van der Waals surface area (Å²) in [6.07, 6.45) is 9.76. The molecular formula is C26H28N6. The third-order valence-electron chi connectivity index (χ3n) is 9.11. The molecule has 32 heavy (non-hydrogen) atoms. The van der Waals surface area contributed by atoms with Gasteiger partial charge in [-0.2, -0.15) is 0 Å². The molecule has 0 aliphatic heterocycles. The molecule has 0 saturated heterocycles. The molecule has 2 aromatic carbocycles. The minimum Gasteiger partial charge on any atom is -0.327 e. The van der Waals surface area contributed by atoms with Crippen LogP contribution in [0.4, 0.5) is 0 Å². The number of nitrogens with zero attached hydrogens (tertiary/aromatic N) is 5. The summed E-state index contributed by atoms with van der Waals surface area (Å²) in [6.45, 7) is 2.58. The van der Waals surface area contributed by atoms with Gasteiger partial charge in [-0.1, -0.05) is 31.2 Å². The summed E-state index contributed by atoms with van der Waals surface area (Å²) < 4.78 is 2.50. The fourth-order valence-corrected chi connectivity index (χ4v) is 7.67. The fourth-order valence-electron chi connectivity index (χ4n) is 7.67. The first-order valence-electron chi connectivity index (χ1n) is 12.0. The van der Waals surface area contributed by atoms with Gasteiger partial charge in [0.15, 0.2) is 5.82 Å². The van der Waals surface area contributed by atoms with Crippen LogP contribution in [0.1, 0.15) is 62.1 Å². The highest BCUT2D eigenvalue weighted by molar-refractivity contribution is 5.75. The Bertz CT molecular complexity index is 1290. The smallest absolute Gasteiger partial charge is 0.179 e. The lowest BCUT2D eigenvalue weighted by Crippen LogP contribution is -2.42. The van der Waals surface area contributed by atoms with Crippen LogP contribution in [0.15, 0.2) is 48.8 Å². The van der Waals surface area contributed by atoms with Gasteiger partial charge in [-0.15, -0.1) is 5.10 Å². The van der Waals surface area contributed by atoms with Crippen LogP contribution in [0, 0.1) is 17.3 Å². The van der Waals surface area contributed by atoms with Gasteiger partial charge in [0.25, 0.3) is 0 Å². The highest BCUT2D eigenvalue weighted by Gasteiger charge is 2.55. The second-order valence-electron chi connectivity index (χ2n) is 10.4. The number of para-hydroxylation sites is 2. The Kier molecular flexibility index (Phi) is 3.90. The number of benzene rings is 2. The number of aromatic nitrogens is 6. The lowest BCUT2D eigenvalue weighted by Gasteiger charge is -2.51. The summed E-state index contributed by atoms with van der Waals surface area (Å²) in [7, 11) is 0. The number of aromatic amines is 1. The van der Waals surface area contributed by atoms with E-state index in [2.05, 4.69) is 80.9 Å². The maximum Gasteiger partial charge on any atom is 0.179 e. The van der Waals surface area contributed by atoms with Crippen molar-refractivity contribution in [1.29, 1.82) is 0 Å². The molecule has 2 fully saturated rings. The zero-order chi connectivity index (χ0) is 21.3. The molecule has 0 radical (unpaired) electrons. The van der Waals surface area contributed by atoms with E-state index in [-0.39, 0.29) is 0 Å². The Morgan fingerprint density at radius 3 is 2.91 bits per heavy atom. The molecule has 0 amide bonds. The van der Waals surface area contributed by atoms with E-state index in [1.54, 1.807) is 5.56 Å². The van der Waals surface area contributed by atoms with Crippen LogP contribution in [-0.2, 0) is 6.42 Å². The van der Waals surface area contributed by atoms with Gasteiger partial charge in [0, 0.05) is 11.6 Å². The van der Waals surface area contributed by atoms with E-state index in [0.29, 0.717) is 17.4 Å². The van der Waals surface area contributed by atoms with Crippen LogP contribution in [0.5, 0.6) is 0 Å². The van der Waals surface area contributed by atoms with E-state index in [4.69, 9.17) is 4.98 Å². The summed E-state index contributed by atoms with van der Waals surface area (Å²) in [5, 5.41) is 14.5. The van der Waals surface area contributed by atoms with Gasteiger partial charge in [0.05, 0.1) is 17.4 Å². The van der Waals surface area contributed by atoms with Crippen molar-refractivity contribution in [1.82, 2.24) is 30.2 Å². The topological polar surface area (TPSA) is 72.3 Å². The van der Waals surface area contributed by atoms with E-state index in [1.165, 1.54) is 43.2 Å². The van der Waals surface area contributed by atoms with Crippen molar-refractivity contribution >= 4 is 11.0 Å². The van der Waals surface area contributed by atoms with Gasteiger partial charge in [-0.05, 0) is 101 Å². The summed E-state index contributed by atoms with van der Waals surface area (Å²) >= 11 is 0. The number of H-pyrrole nitrogens is 1. The van der Waals surface area contributed by atoms with Crippen LogP contribution in [0.3, 0.4) is 0 Å². The lowest BCUT2D eigenvalue weighted by molar-refractivity contribution is 0.0332. The number of aryl methyl sites for hydroxylation is 1. The largest absolute Gasteiger partial charge is 0.327 e. The van der Waals surface area contributed by atoms with Crippen LogP contribution in [0.25, 0.3) is 22.4 Å². The maximum atomic E-state index is 4.72. The maximum absolute atomic E-state index is 4.72. The summed E-state index contributed by atoms with van der Waals surface area (Å²) in [5.74, 6) is 3.03. The molecule has 2 heterocycles. The molecule has 5 atom stereocenters. The second-order valence-corrected chi connectivity index (χ2v) is 10.4. The van der Waals surface area contributed by atoms with Crippen LogP contribution >= 0.6 is 0 Å². The van der Waals surface area contributed by atoms with E-state index in [9.17, 15) is 0 Å². The molecule has 4 aromatic rings. The van der Waals surface area contributed by atoms with Crippen molar-refractivity contribution in [3.8, 4) is 11.4 Å². The normalized spacial score (nSPS) is 31.3. The average molecular weight is 425 g/mol. The van der Waals surface area contributed by atoms with Crippen molar-refractivity contribution < 1.29 is 0 Å². The lowest BCUT2D eigenvalue weighted by atomic mass is 9.55. The van der Waals surface area contributed by atoms with Crippen molar-refractivity contribution in [2.75, 3.05) is 0 Å². The molecule has 2 aromatic heterocycles. The van der Waals surface area contributed by atoms with Gasteiger partial charge in [-0.25, -0.2) is 10.1 Å². The molecule has 1 unspecified atom stereocenters. The van der Waals surface area contributed by atoms with Crippen molar-refractivity contribution in [3.05, 3.63) is 59.9 Å². The van der Waals surface area contributed by atoms with Crippen molar-refractivity contribution in [2.45, 2.75) is 57.4 Å². The molecule has 2 saturated carbocycles. The third-order valence-corrected chi connectivity index (χ3v) is 9.11. The number of fused-ring (bicyclic) bond motifs is 6. The van der Waals surface area contributed by atoms with Crippen LogP contribution < -0.4 is 0 Å². The van der Waals surface area contributed by atoms with E-state index in [1.807, 2.05) is 0 Å². The Balaban J connectivity index is 1.22. The zero-order valence-corrected chi connectivity index (χ0v) is 18.4. The van der Waals surface area contributed by atoms with E-state index >= 15 is 0 Å². The van der Waals surface area contributed by atoms with Gasteiger partial charge >= 0.3 is 0 Å². The average Bonchev–Trinajstić information content (AvgIpc) is 3.56. The predicted octanol–water partition coefficient (Wildman–Crippen LogP) is 5.31. The molecule has 1 N–H and O–H groups in total. The predicted molar refractivity (Wildman–Crippen MR) is 123 cm³/mol. The molecule has 6 heteroatoms. The highest BCUT2D eigenvalue weighted by atomic mass is 15.5. The summed E-state index contributed by atoms with van der Waals surface area (Å²) in [4.78, 5) is 4.72. The van der Waals surface area contributed by atoms with Gasteiger partial charge in [-0.3, -0.25) is 0 Å². The highest BCUT2D eigenvalue weighted by Crippen LogP contribution is 2.64. The molecule has 3 aliphatic rings. The molecular weight excluding hydrogens is 396 g/mol. The Morgan fingerprint density at radius 2 is 2.00 bits per heavy atom. The molecule has 162 valence electrons. The molecule has 6 nitrogen and oxygen atoms in total. The van der Waals surface area contributed by atoms with Crippen molar-refractivity contribution in [2.24, 2.45) is 17.3 Å². The number of rotatable bonds is 2.